The molecule has 11 heteroatoms. The SMILES string of the molecule is CC(C)C1CC(C(F)(F)F)CN1C.CC(C)C1CC(F)(F)CN1C.CC(C)C1CC(F)CN1C.CC(C)C1CCC(=O)N1C. The molecule has 0 aliphatic carbocycles. The number of nitrogens with zero attached hydrogens (tertiary/aromatic N) is 4. The molecule has 5 nitrogen and oxygen atoms in total. The van der Waals surface area contributed by atoms with Crippen LogP contribution in [0.2, 0.25) is 0 Å². The minimum absolute atomic E-state index is 0.0289. The van der Waals surface area contributed by atoms with E-state index in [0.29, 0.717) is 48.2 Å². The molecule has 6 atom stereocenters. The van der Waals surface area contributed by atoms with Gasteiger partial charge in [0.25, 0.3) is 5.92 Å². The second-order valence-corrected chi connectivity index (χ2v) is 15.0. The average Bonchev–Trinajstić information content (AvgIpc) is 3.60. The molecule has 0 radical (unpaired) electrons. The lowest BCUT2D eigenvalue weighted by atomic mass is 9.97. The number of halogens is 6. The van der Waals surface area contributed by atoms with E-state index in [-0.39, 0.29) is 38.0 Å². The van der Waals surface area contributed by atoms with Crippen LogP contribution in [0, 0.1) is 29.6 Å². The highest BCUT2D eigenvalue weighted by atomic mass is 19.4. The molecule has 0 N–H and O–H groups in total. The Morgan fingerprint density at radius 2 is 1.16 bits per heavy atom. The van der Waals surface area contributed by atoms with Crippen LogP contribution < -0.4 is 0 Å². The van der Waals surface area contributed by atoms with Gasteiger partial charge in [-0.15, -0.1) is 0 Å². The maximum atomic E-state index is 12.8. The first-order chi connectivity index (χ1) is 20.0. The molecule has 0 saturated carbocycles. The normalized spacial score (nSPS) is 31.4. The van der Waals surface area contributed by atoms with Gasteiger partial charge in [0.2, 0.25) is 5.91 Å². The van der Waals surface area contributed by atoms with Crippen LogP contribution in [0.4, 0.5) is 26.3 Å². The fraction of sp³-hybridized carbons (Fsp3) is 0.970. The first kappa shape index (κ1) is 41.0. The third-order valence-electron chi connectivity index (χ3n) is 9.79. The predicted molar refractivity (Wildman–Crippen MR) is 168 cm³/mol. The largest absolute Gasteiger partial charge is 0.393 e. The maximum absolute atomic E-state index is 12.8. The van der Waals surface area contributed by atoms with E-state index in [1.807, 2.05) is 51.6 Å². The minimum atomic E-state index is -4.02. The highest BCUT2D eigenvalue weighted by Crippen LogP contribution is 2.38. The summed E-state index contributed by atoms with van der Waals surface area (Å²) in [7, 11) is 7.45. The van der Waals surface area contributed by atoms with E-state index in [1.165, 1.54) is 0 Å². The lowest BCUT2D eigenvalue weighted by Gasteiger charge is -2.22. The van der Waals surface area contributed by atoms with Crippen LogP contribution in [0.3, 0.4) is 0 Å². The van der Waals surface area contributed by atoms with Crippen molar-refractivity contribution >= 4 is 5.91 Å². The van der Waals surface area contributed by atoms with Crippen LogP contribution in [0.25, 0.3) is 0 Å². The van der Waals surface area contributed by atoms with Crippen molar-refractivity contribution in [3.05, 3.63) is 0 Å². The highest BCUT2D eigenvalue weighted by molar-refractivity contribution is 5.78. The first-order valence-electron chi connectivity index (χ1n) is 16.4. The van der Waals surface area contributed by atoms with Crippen molar-refractivity contribution in [1.29, 1.82) is 0 Å². The van der Waals surface area contributed by atoms with Crippen LogP contribution in [0.15, 0.2) is 0 Å². The van der Waals surface area contributed by atoms with E-state index in [9.17, 15) is 31.1 Å². The van der Waals surface area contributed by atoms with Crippen LogP contribution in [-0.2, 0) is 4.79 Å². The number of hydrogen-bond donors (Lipinski definition) is 0. The van der Waals surface area contributed by atoms with E-state index in [1.54, 1.807) is 19.0 Å². The van der Waals surface area contributed by atoms with E-state index in [0.717, 1.165) is 19.3 Å². The Kier molecular flexibility index (Phi) is 16.0. The molecule has 4 heterocycles. The number of likely N-dealkylation sites (tertiary alicyclic amines) is 4. The fourth-order valence-corrected chi connectivity index (χ4v) is 7.15. The monoisotopic (exact) mass is 644 g/mol. The molecule has 4 saturated heterocycles. The van der Waals surface area contributed by atoms with Crippen LogP contribution >= 0.6 is 0 Å². The van der Waals surface area contributed by atoms with Crippen LogP contribution in [0.1, 0.15) is 87.5 Å². The summed E-state index contributed by atoms with van der Waals surface area (Å²) >= 11 is 0. The summed E-state index contributed by atoms with van der Waals surface area (Å²) in [6.07, 6.45) is -1.78. The van der Waals surface area contributed by atoms with E-state index in [4.69, 9.17) is 0 Å². The van der Waals surface area contributed by atoms with Crippen molar-refractivity contribution in [3.8, 4) is 0 Å². The molecule has 262 valence electrons. The molecule has 4 aliphatic heterocycles. The molecule has 44 heavy (non-hydrogen) atoms. The molecule has 4 fully saturated rings. The molecule has 1 amide bonds. The topological polar surface area (TPSA) is 30.0 Å². The molecular formula is C33H62F6N4O. The third kappa shape index (κ3) is 12.6. The van der Waals surface area contributed by atoms with E-state index in [2.05, 4.69) is 32.6 Å². The molecule has 0 aromatic rings. The maximum Gasteiger partial charge on any atom is 0.393 e. The van der Waals surface area contributed by atoms with Gasteiger partial charge in [0.15, 0.2) is 0 Å². The fourth-order valence-electron chi connectivity index (χ4n) is 7.15. The van der Waals surface area contributed by atoms with Crippen molar-refractivity contribution < 1.29 is 31.1 Å². The van der Waals surface area contributed by atoms with Crippen molar-refractivity contribution in [3.63, 3.8) is 0 Å². The van der Waals surface area contributed by atoms with Crippen molar-refractivity contribution in [2.24, 2.45) is 29.6 Å². The van der Waals surface area contributed by atoms with Gasteiger partial charge in [-0.1, -0.05) is 55.4 Å². The highest BCUT2D eigenvalue weighted by Gasteiger charge is 2.47. The molecule has 0 spiro atoms. The molecule has 4 aliphatic rings. The van der Waals surface area contributed by atoms with Crippen molar-refractivity contribution in [2.75, 3.05) is 47.8 Å². The van der Waals surface area contributed by atoms with Gasteiger partial charge < -0.3 is 14.7 Å². The van der Waals surface area contributed by atoms with E-state index < -0.39 is 24.2 Å². The second kappa shape index (κ2) is 17.2. The molecule has 0 bridgehead atoms. The van der Waals surface area contributed by atoms with Crippen LogP contribution in [0.5, 0.6) is 0 Å². The predicted octanol–water partition coefficient (Wildman–Crippen LogP) is 7.45. The number of alkyl halides is 6. The summed E-state index contributed by atoms with van der Waals surface area (Å²) in [4.78, 5) is 18.6. The second-order valence-electron chi connectivity index (χ2n) is 15.0. The Bertz CT molecular complexity index is 853. The Morgan fingerprint density at radius 1 is 0.705 bits per heavy atom. The summed E-state index contributed by atoms with van der Waals surface area (Å²) < 4.78 is 75.3. The molecule has 0 aromatic carbocycles. The number of amides is 1. The van der Waals surface area contributed by atoms with Crippen molar-refractivity contribution in [2.45, 2.75) is 130 Å². The zero-order valence-corrected chi connectivity index (χ0v) is 29.4. The summed E-state index contributed by atoms with van der Waals surface area (Å²) in [6, 6.07) is 1.11. The Hall–Kier alpha value is -1.07. The minimum Gasteiger partial charge on any atom is -0.343 e. The summed E-state index contributed by atoms with van der Waals surface area (Å²) in [6.45, 7) is 17.3. The number of hydrogen-bond acceptors (Lipinski definition) is 4. The van der Waals surface area contributed by atoms with Gasteiger partial charge in [-0.25, -0.2) is 13.2 Å². The van der Waals surface area contributed by atoms with E-state index >= 15 is 0 Å². The zero-order valence-electron chi connectivity index (χ0n) is 29.4. The van der Waals surface area contributed by atoms with Gasteiger partial charge in [-0.2, -0.15) is 13.2 Å². The van der Waals surface area contributed by atoms with Gasteiger partial charge in [0.1, 0.15) is 6.17 Å². The molecule has 4 rings (SSSR count). The van der Waals surface area contributed by atoms with Gasteiger partial charge in [0, 0.05) is 57.1 Å². The smallest absolute Gasteiger partial charge is 0.343 e. The molecular weight excluding hydrogens is 582 g/mol. The van der Waals surface area contributed by atoms with Gasteiger partial charge in [0.05, 0.1) is 12.5 Å². The zero-order chi connectivity index (χ0) is 34.3. The number of carbonyl (C=O) groups is 1. The standard InChI is InChI=1S/C9H16F3N.C8H15F2N.C8H16FN.C8H15NO/c1-6(2)8-4-7(5-13(8)3)9(10,11)12;1-6(2)7-4-8(9,10)5-11(7)3;1-6(2)8-4-7(9)5-10(8)3;1-6(2)7-4-5-8(10)9(7)3/h6-8H,4-5H2,1-3H3;6-7H,4-5H2,1-3H3;6-8H,4-5H2,1-3H3;6-7H,4-5H2,1-3H3. The van der Waals surface area contributed by atoms with Gasteiger partial charge >= 0.3 is 6.18 Å². The summed E-state index contributed by atoms with van der Waals surface area (Å²) in [5, 5.41) is 0. The average molecular weight is 645 g/mol. The molecule has 0 aromatic heterocycles. The number of carbonyl (C=O) groups excluding carboxylic acids is 1. The Balaban J connectivity index is 0.000000295. The summed E-state index contributed by atoms with van der Waals surface area (Å²) in [5.41, 5.74) is 0. The Morgan fingerprint density at radius 3 is 1.36 bits per heavy atom. The van der Waals surface area contributed by atoms with Gasteiger partial charge in [-0.05, 0) is 64.1 Å². The van der Waals surface area contributed by atoms with Gasteiger partial charge in [-0.3, -0.25) is 9.69 Å². The quantitative estimate of drug-likeness (QED) is 0.298. The summed E-state index contributed by atoms with van der Waals surface area (Å²) in [5.74, 6) is -1.44. The van der Waals surface area contributed by atoms with Crippen LogP contribution in [-0.4, -0.2) is 116 Å². The molecule has 6 unspecified atom stereocenters. The first-order valence-corrected chi connectivity index (χ1v) is 16.4. The lowest BCUT2D eigenvalue weighted by Crippen LogP contribution is -2.32. The van der Waals surface area contributed by atoms with Crippen molar-refractivity contribution in [1.82, 2.24) is 19.6 Å². The third-order valence-corrected chi connectivity index (χ3v) is 9.79. The Labute approximate surface area is 264 Å². The number of rotatable bonds is 4. The lowest BCUT2D eigenvalue weighted by molar-refractivity contribution is -0.170.